The summed E-state index contributed by atoms with van der Waals surface area (Å²) in [5, 5.41) is 3.12. The van der Waals surface area contributed by atoms with Gasteiger partial charge >= 0.3 is 0 Å². The summed E-state index contributed by atoms with van der Waals surface area (Å²) in [7, 11) is 1.74. The number of carbonyl (C=O) groups is 1. The van der Waals surface area contributed by atoms with E-state index in [4.69, 9.17) is 0 Å². The summed E-state index contributed by atoms with van der Waals surface area (Å²) >= 11 is 0. The van der Waals surface area contributed by atoms with Gasteiger partial charge in [0, 0.05) is 31.7 Å². The second kappa shape index (κ2) is 6.83. The largest absolute Gasteiger partial charge is 0.354 e. The third-order valence-corrected chi connectivity index (χ3v) is 3.02. The van der Waals surface area contributed by atoms with Gasteiger partial charge < -0.3 is 10.2 Å². The lowest BCUT2D eigenvalue weighted by Gasteiger charge is -2.17. The SMILES string of the molecule is CC(C)CNc1ncc(C(=O)N(C)c2ccccc2)cn1. The van der Waals surface area contributed by atoms with Gasteiger partial charge in [-0.15, -0.1) is 0 Å². The highest BCUT2D eigenvalue weighted by Crippen LogP contribution is 2.14. The van der Waals surface area contributed by atoms with Crippen LogP contribution in [0, 0.1) is 5.92 Å². The predicted molar refractivity (Wildman–Crippen MR) is 84.5 cm³/mol. The van der Waals surface area contributed by atoms with Gasteiger partial charge in [-0.2, -0.15) is 0 Å². The molecule has 110 valence electrons. The maximum Gasteiger partial charge on any atom is 0.261 e. The standard InChI is InChI=1S/C16H20N4O/c1-12(2)9-17-16-18-10-13(11-19-16)15(21)20(3)14-7-5-4-6-8-14/h4-8,10-12H,9H2,1-3H3,(H,17,18,19). The summed E-state index contributed by atoms with van der Waals surface area (Å²) in [4.78, 5) is 22.3. The summed E-state index contributed by atoms with van der Waals surface area (Å²) in [6, 6.07) is 9.48. The number of carbonyl (C=O) groups excluding carboxylic acids is 1. The Bertz CT molecular complexity index is 581. The molecule has 0 saturated carbocycles. The Labute approximate surface area is 125 Å². The second-order valence-corrected chi connectivity index (χ2v) is 5.27. The van der Waals surface area contributed by atoms with Crippen molar-refractivity contribution in [3.8, 4) is 0 Å². The minimum atomic E-state index is -0.128. The van der Waals surface area contributed by atoms with E-state index in [1.165, 1.54) is 0 Å². The maximum absolute atomic E-state index is 12.3. The van der Waals surface area contributed by atoms with Gasteiger partial charge in [0.15, 0.2) is 0 Å². The molecule has 0 atom stereocenters. The van der Waals surface area contributed by atoms with Gasteiger partial charge in [-0.3, -0.25) is 4.79 Å². The molecule has 0 saturated heterocycles. The molecule has 5 heteroatoms. The summed E-state index contributed by atoms with van der Waals surface area (Å²) in [5.41, 5.74) is 1.31. The van der Waals surface area contributed by atoms with E-state index in [1.807, 2.05) is 30.3 Å². The van der Waals surface area contributed by atoms with Crippen molar-refractivity contribution in [1.82, 2.24) is 9.97 Å². The zero-order valence-electron chi connectivity index (χ0n) is 12.6. The van der Waals surface area contributed by atoms with E-state index in [-0.39, 0.29) is 5.91 Å². The zero-order valence-corrected chi connectivity index (χ0v) is 12.6. The van der Waals surface area contributed by atoms with E-state index in [1.54, 1.807) is 24.3 Å². The molecule has 0 bridgehead atoms. The monoisotopic (exact) mass is 284 g/mol. The van der Waals surface area contributed by atoms with Gasteiger partial charge in [0.25, 0.3) is 5.91 Å². The lowest BCUT2D eigenvalue weighted by Crippen LogP contribution is -2.26. The van der Waals surface area contributed by atoms with Crippen LogP contribution in [0.4, 0.5) is 11.6 Å². The van der Waals surface area contributed by atoms with E-state index in [0.29, 0.717) is 17.4 Å². The van der Waals surface area contributed by atoms with E-state index < -0.39 is 0 Å². The van der Waals surface area contributed by atoms with Crippen LogP contribution in [0.2, 0.25) is 0 Å². The molecule has 1 amide bonds. The van der Waals surface area contributed by atoms with Crippen LogP contribution >= 0.6 is 0 Å². The van der Waals surface area contributed by atoms with Gasteiger partial charge in [0.1, 0.15) is 0 Å². The number of nitrogens with one attached hydrogen (secondary N) is 1. The molecule has 1 N–H and O–H groups in total. The highest BCUT2D eigenvalue weighted by molar-refractivity contribution is 6.05. The number of hydrogen-bond acceptors (Lipinski definition) is 4. The smallest absolute Gasteiger partial charge is 0.261 e. The number of hydrogen-bond donors (Lipinski definition) is 1. The second-order valence-electron chi connectivity index (χ2n) is 5.27. The van der Waals surface area contributed by atoms with Crippen LogP contribution in [-0.4, -0.2) is 29.5 Å². The van der Waals surface area contributed by atoms with Crippen molar-refractivity contribution in [1.29, 1.82) is 0 Å². The molecule has 0 aliphatic rings. The van der Waals surface area contributed by atoms with Crippen LogP contribution in [0.5, 0.6) is 0 Å². The predicted octanol–water partition coefficient (Wildman–Crippen LogP) is 2.82. The summed E-state index contributed by atoms with van der Waals surface area (Å²) in [6.45, 7) is 5.02. The van der Waals surface area contributed by atoms with Gasteiger partial charge in [0.2, 0.25) is 5.95 Å². The van der Waals surface area contributed by atoms with Crippen molar-refractivity contribution in [3.05, 3.63) is 48.3 Å². The third kappa shape index (κ3) is 4.02. The van der Waals surface area contributed by atoms with Crippen LogP contribution in [0.3, 0.4) is 0 Å². The highest BCUT2D eigenvalue weighted by Gasteiger charge is 2.14. The number of benzene rings is 1. The van der Waals surface area contributed by atoms with Gasteiger partial charge in [-0.05, 0) is 18.1 Å². The summed E-state index contributed by atoms with van der Waals surface area (Å²) in [6.07, 6.45) is 3.11. The molecule has 2 aromatic rings. The Balaban J connectivity index is 2.06. The van der Waals surface area contributed by atoms with E-state index in [2.05, 4.69) is 29.1 Å². The average Bonchev–Trinajstić information content (AvgIpc) is 2.53. The van der Waals surface area contributed by atoms with Gasteiger partial charge in [0.05, 0.1) is 5.56 Å². The molecule has 1 aromatic carbocycles. The van der Waals surface area contributed by atoms with E-state index in [0.717, 1.165) is 12.2 Å². The molecular weight excluding hydrogens is 264 g/mol. The minimum Gasteiger partial charge on any atom is -0.354 e. The summed E-state index contributed by atoms with van der Waals surface area (Å²) < 4.78 is 0. The topological polar surface area (TPSA) is 58.1 Å². The van der Waals surface area contributed by atoms with Crippen molar-refractivity contribution in [2.24, 2.45) is 5.92 Å². The Morgan fingerprint density at radius 1 is 1.19 bits per heavy atom. The first-order chi connectivity index (χ1) is 10.1. The van der Waals surface area contributed by atoms with Gasteiger partial charge in [-0.25, -0.2) is 9.97 Å². The summed E-state index contributed by atoms with van der Waals surface area (Å²) in [5.74, 6) is 0.929. The van der Waals surface area contributed by atoms with E-state index in [9.17, 15) is 4.79 Å². The minimum absolute atomic E-state index is 0.128. The third-order valence-electron chi connectivity index (χ3n) is 3.02. The number of amides is 1. The molecule has 1 aromatic heterocycles. The van der Waals surface area contributed by atoms with Crippen molar-refractivity contribution in [3.63, 3.8) is 0 Å². The van der Waals surface area contributed by atoms with E-state index >= 15 is 0 Å². The fourth-order valence-electron chi connectivity index (χ4n) is 1.79. The fraction of sp³-hybridized carbons (Fsp3) is 0.312. The Kier molecular flexibility index (Phi) is 4.87. The molecule has 0 fully saturated rings. The normalized spacial score (nSPS) is 10.5. The lowest BCUT2D eigenvalue weighted by atomic mass is 10.2. The lowest BCUT2D eigenvalue weighted by molar-refractivity contribution is 0.0992. The van der Waals surface area contributed by atoms with Crippen molar-refractivity contribution in [2.45, 2.75) is 13.8 Å². The Morgan fingerprint density at radius 3 is 2.38 bits per heavy atom. The van der Waals surface area contributed by atoms with Gasteiger partial charge in [-0.1, -0.05) is 32.0 Å². The molecule has 0 spiro atoms. The number of nitrogens with zero attached hydrogens (tertiary/aromatic N) is 3. The Hall–Kier alpha value is -2.43. The maximum atomic E-state index is 12.3. The number of para-hydroxylation sites is 1. The number of anilines is 2. The van der Waals surface area contributed by atoms with Crippen LogP contribution in [0.25, 0.3) is 0 Å². The van der Waals surface area contributed by atoms with Crippen molar-refractivity contribution < 1.29 is 4.79 Å². The molecule has 1 heterocycles. The molecule has 0 radical (unpaired) electrons. The fourth-order valence-corrected chi connectivity index (χ4v) is 1.79. The molecule has 2 rings (SSSR count). The first kappa shape index (κ1) is 15.0. The van der Waals surface area contributed by atoms with Crippen LogP contribution in [0.15, 0.2) is 42.7 Å². The molecule has 5 nitrogen and oxygen atoms in total. The number of rotatable bonds is 5. The molecule has 0 aliphatic heterocycles. The first-order valence-electron chi connectivity index (χ1n) is 6.97. The molecule has 0 aliphatic carbocycles. The Morgan fingerprint density at radius 2 is 1.81 bits per heavy atom. The average molecular weight is 284 g/mol. The van der Waals surface area contributed by atoms with Crippen LogP contribution in [-0.2, 0) is 0 Å². The molecule has 0 unspecified atom stereocenters. The number of aromatic nitrogens is 2. The highest BCUT2D eigenvalue weighted by atomic mass is 16.2. The first-order valence-corrected chi connectivity index (χ1v) is 6.97. The van der Waals surface area contributed by atoms with Crippen LogP contribution < -0.4 is 10.2 Å². The molecular formula is C16H20N4O. The van der Waals surface area contributed by atoms with Crippen LogP contribution in [0.1, 0.15) is 24.2 Å². The molecule has 21 heavy (non-hydrogen) atoms. The quantitative estimate of drug-likeness (QED) is 0.917. The van der Waals surface area contributed by atoms with Crippen molar-refractivity contribution in [2.75, 3.05) is 23.8 Å². The zero-order chi connectivity index (χ0) is 15.2. The van der Waals surface area contributed by atoms with Crippen molar-refractivity contribution >= 4 is 17.5 Å².